The Morgan fingerprint density at radius 3 is 2.50 bits per heavy atom. The quantitative estimate of drug-likeness (QED) is 0.411. The molecule has 0 unspecified atom stereocenters. The Morgan fingerprint density at radius 1 is 1.67 bits per heavy atom. The van der Waals surface area contributed by atoms with Gasteiger partial charge in [0.05, 0.1) is 0 Å². The second-order valence-electron chi connectivity index (χ2n) is 2.42. The second-order valence-corrected chi connectivity index (χ2v) is 2.42. The first-order chi connectivity index (χ1) is 5.57. The van der Waals surface area contributed by atoms with Gasteiger partial charge in [0.15, 0.2) is 0 Å². The lowest BCUT2D eigenvalue weighted by atomic mass is 10.5. The molecule has 3 N–H and O–H groups in total. The Hall–Kier alpha value is -1.72. The van der Waals surface area contributed by atoms with Gasteiger partial charge in [0.1, 0.15) is 5.69 Å². The van der Waals surface area contributed by atoms with Gasteiger partial charge < -0.3 is 20.1 Å². The maximum absolute atomic E-state index is 10.6. The van der Waals surface area contributed by atoms with Crippen LogP contribution in [0, 0.1) is 0 Å². The number of hydrogen-bond acceptors (Lipinski definition) is 3. The van der Waals surface area contributed by atoms with Crippen molar-refractivity contribution in [1.29, 1.82) is 0 Å². The number of aryl methyl sites for hydroxylation is 1. The van der Waals surface area contributed by atoms with Crippen molar-refractivity contribution in [3.63, 3.8) is 0 Å². The molecular weight excluding hydrogens is 160 g/mol. The predicted molar refractivity (Wildman–Crippen MR) is 41.1 cm³/mol. The average molecular weight is 170 g/mol. The normalized spacial score (nSPS) is 12.0. The molecule has 0 saturated heterocycles. The van der Waals surface area contributed by atoms with Gasteiger partial charge in [-0.15, -0.1) is 5.10 Å². The molecule has 6 nitrogen and oxygen atoms in total. The van der Waals surface area contributed by atoms with E-state index >= 15 is 0 Å². The van der Waals surface area contributed by atoms with Crippen molar-refractivity contribution in [1.82, 2.24) is 9.13 Å². The van der Waals surface area contributed by atoms with Crippen molar-refractivity contribution in [3.8, 4) is 0 Å². The van der Waals surface area contributed by atoms with Gasteiger partial charge in [0, 0.05) is 20.3 Å². The fourth-order valence-corrected chi connectivity index (χ4v) is 1.05. The number of imidazole rings is 1. The van der Waals surface area contributed by atoms with Crippen LogP contribution >= 0.6 is 0 Å². The summed E-state index contributed by atoms with van der Waals surface area (Å²) in [4.78, 5) is 10.6. The van der Waals surface area contributed by atoms with E-state index in [1.807, 2.05) is 0 Å². The van der Waals surface area contributed by atoms with E-state index < -0.39 is 5.97 Å². The standard InChI is InChI=1S/C6H10N4O2/c1-9-3-4(5(11)12)10(2)6(9)8-7/h3H,7H2,1-2H3,(H,11,12). The number of nitrogens with zero attached hydrogens (tertiary/aromatic N) is 3. The third kappa shape index (κ3) is 1.07. The fraction of sp³-hybridized carbons (Fsp3) is 0.333. The minimum absolute atomic E-state index is 0.154. The molecule has 6 heteroatoms. The Labute approximate surface area is 68.5 Å². The first-order valence-corrected chi connectivity index (χ1v) is 3.27. The number of aromatic nitrogens is 2. The monoisotopic (exact) mass is 170 g/mol. The van der Waals surface area contributed by atoms with Crippen LogP contribution in [0.2, 0.25) is 0 Å². The van der Waals surface area contributed by atoms with E-state index in [0.29, 0.717) is 5.62 Å². The van der Waals surface area contributed by atoms with Crippen molar-refractivity contribution in [3.05, 3.63) is 17.5 Å². The van der Waals surface area contributed by atoms with Gasteiger partial charge in [0.25, 0.3) is 0 Å². The SMILES string of the molecule is Cn1cc(C(=O)O)n(C)c1=NN. The van der Waals surface area contributed by atoms with Crippen LogP contribution in [0.15, 0.2) is 11.3 Å². The maximum Gasteiger partial charge on any atom is 0.354 e. The number of hydrogen-bond donors (Lipinski definition) is 2. The van der Waals surface area contributed by atoms with Gasteiger partial charge in [-0.2, -0.15) is 0 Å². The Balaban J connectivity index is 3.48. The van der Waals surface area contributed by atoms with Crippen molar-refractivity contribution < 1.29 is 9.90 Å². The molecule has 0 spiro atoms. The molecule has 0 radical (unpaired) electrons. The van der Waals surface area contributed by atoms with Crippen molar-refractivity contribution in [2.75, 3.05) is 0 Å². The average Bonchev–Trinajstić information content (AvgIpc) is 2.27. The number of carbonyl (C=O) groups is 1. The summed E-state index contributed by atoms with van der Waals surface area (Å²) < 4.78 is 2.95. The van der Waals surface area contributed by atoms with Crippen LogP contribution in [0.5, 0.6) is 0 Å². The lowest BCUT2D eigenvalue weighted by Gasteiger charge is -1.93. The van der Waals surface area contributed by atoms with E-state index in [1.54, 1.807) is 18.7 Å². The maximum atomic E-state index is 10.6. The highest BCUT2D eigenvalue weighted by molar-refractivity contribution is 5.85. The largest absolute Gasteiger partial charge is 0.477 e. The molecule has 0 amide bonds. The second kappa shape index (κ2) is 2.72. The molecule has 0 aliphatic heterocycles. The summed E-state index contributed by atoms with van der Waals surface area (Å²) in [5, 5.41) is 12.1. The number of carboxylic acid groups (broad SMARTS) is 1. The van der Waals surface area contributed by atoms with Crippen molar-refractivity contribution >= 4 is 5.97 Å². The summed E-state index contributed by atoms with van der Waals surface area (Å²) in [5.74, 6) is 4.06. The molecule has 1 aromatic heterocycles. The molecule has 0 aliphatic carbocycles. The highest BCUT2D eigenvalue weighted by atomic mass is 16.4. The van der Waals surface area contributed by atoms with Crippen molar-refractivity contribution in [2.45, 2.75) is 0 Å². The molecule has 0 fully saturated rings. The lowest BCUT2D eigenvalue weighted by Crippen LogP contribution is -2.25. The summed E-state index contributed by atoms with van der Waals surface area (Å²) in [7, 11) is 3.27. The first-order valence-electron chi connectivity index (χ1n) is 3.27. The number of rotatable bonds is 1. The molecule has 0 aliphatic rings. The van der Waals surface area contributed by atoms with Gasteiger partial charge in [-0.3, -0.25) is 0 Å². The minimum Gasteiger partial charge on any atom is -0.477 e. The van der Waals surface area contributed by atoms with Gasteiger partial charge in [-0.25, -0.2) is 4.79 Å². The Morgan fingerprint density at radius 2 is 2.25 bits per heavy atom. The Bertz CT molecular complexity index is 373. The topological polar surface area (TPSA) is 85.5 Å². The van der Waals surface area contributed by atoms with Crippen LogP contribution in [0.25, 0.3) is 0 Å². The third-order valence-electron chi connectivity index (χ3n) is 1.63. The number of aromatic carboxylic acids is 1. The Kier molecular flexibility index (Phi) is 1.90. The summed E-state index contributed by atoms with van der Waals surface area (Å²) >= 11 is 0. The van der Waals surface area contributed by atoms with E-state index in [0.717, 1.165) is 0 Å². The first kappa shape index (κ1) is 8.38. The van der Waals surface area contributed by atoms with Crippen LogP contribution < -0.4 is 11.5 Å². The highest BCUT2D eigenvalue weighted by Crippen LogP contribution is 1.92. The van der Waals surface area contributed by atoms with E-state index in [9.17, 15) is 4.79 Å². The molecule has 1 aromatic rings. The van der Waals surface area contributed by atoms with Crippen LogP contribution in [0.1, 0.15) is 10.5 Å². The molecule has 1 rings (SSSR count). The van der Waals surface area contributed by atoms with Crippen molar-refractivity contribution in [2.24, 2.45) is 25.0 Å². The predicted octanol–water partition coefficient (Wildman–Crippen LogP) is -1.16. The number of carboxylic acids is 1. The van der Waals surface area contributed by atoms with Crippen LogP contribution in [0.3, 0.4) is 0 Å². The van der Waals surface area contributed by atoms with E-state index in [4.69, 9.17) is 10.9 Å². The van der Waals surface area contributed by atoms with Crippen LogP contribution in [0.4, 0.5) is 0 Å². The zero-order valence-electron chi connectivity index (χ0n) is 6.85. The summed E-state index contributed by atoms with van der Waals surface area (Å²) in [6.07, 6.45) is 1.45. The zero-order valence-corrected chi connectivity index (χ0v) is 6.85. The molecular formula is C6H10N4O2. The van der Waals surface area contributed by atoms with Crippen LogP contribution in [-0.4, -0.2) is 20.2 Å². The van der Waals surface area contributed by atoms with E-state index in [2.05, 4.69) is 5.10 Å². The number of nitrogens with two attached hydrogens (primary N) is 1. The van der Waals surface area contributed by atoms with E-state index in [-0.39, 0.29) is 5.69 Å². The fourth-order valence-electron chi connectivity index (χ4n) is 1.05. The zero-order chi connectivity index (χ0) is 9.30. The molecule has 0 aromatic carbocycles. The highest BCUT2D eigenvalue weighted by Gasteiger charge is 2.10. The van der Waals surface area contributed by atoms with Gasteiger partial charge in [-0.1, -0.05) is 0 Å². The molecule has 0 atom stereocenters. The molecule has 66 valence electrons. The molecule has 0 saturated carbocycles. The van der Waals surface area contributed by atoms with Gasteiger partial charge in [-0.05, 0) is 0 Å². The van der Waals surface area contributed by atoms with E-state index in [1.165, 1.54) is 10.8 Å². The summed E-state index contributed by atoms with van der Waals surface area (Å²) in [6, 6.07) is 0. The minimum atomic E-state index is -0.997. The van der Waals surface area contributed by atoms with Crippen LogP contribution in [-0.2, 0) is 14.1 Å². The molecule has 1 heterocycles. The smallest absolute Gasteiger partial charge is 0.354 e. The van der Waals surface area contributed by atoms with Gasteiger partial charge in [0.2, 0.25) is 5.62 Å². The third-order valence-corrected chi connectivity index (χ3v) is 1.63. The molecule has 12 heavy (non-hydrogen) atoms. The lowest BCUT2D eigenvalue weighted by molar-refractivity contribution is 0.0686. The summed E-state index contributed by atoms with van der Waals surface area (Å²) in [5.41, 5.74) is 0.564. The molecule has 0 bridgehead atoms. The summed E-state index contributed by atoms with van der Waals surface area (Å²) in [6.45, 7) is 0. The van der Waals surface area contributed by atoms with Gasteiger partial charge >= 0.3 is 5.97 Å².